The molecule has 0 saturated carbocycles. The van der Waals surface area contributed by atoms with Crippen molar-refractivity contribution >= 4 is 11.6 Å². The van der Waals surface area contributed by atoms with Crippen LogP contribution in [-0.4, -0.2) is 16.1 Å². The normalized spacial score (nSPS) is 31.6. The Hall–Kier alpha value is -0.0100. The van der Waals surface area contributed by atoms with Crippen LogP contribution in [-0.2, 0) is 0 Å². The minimum absolute atomic E-state index is 0.196. The summed E-state index contributed by atoms with van der Waals surface area (Å²) in [6.45, 7) is 6.00. The Morgan fingerprint density at radius 1 is 1.58 bits per heavy atom. The summed E-state index contributed by atoms with van der Waals surface area (Å²) in [6.07, 6.45) is 3.63. The summed E-state index contributed by atoms with van der Waals surface area (Å²) in [5, 5.41) is 9.58. The maximum absolute atomic E-state index is 9.58. The molecule has 2 heteroatoms. The predicted octanol–water partition coefficient (Wildman–Crippen LogP) is 2.72. The zero-order chi connectivity index (χ0) is 9.35. The lowest BCUT2D eigenvalue weighted by Gasteiger charge is -2.33. The van der Waals surface area contributed by atoms with E-state index in [1.807, 2.05) is 20.8 Å². The van der Waals surface area contributed by atoms with Gasteiger partial charge in [-0.05, 0) is 45.1 Å². The van der Waals surface area contributed by atoms with E-state index >= 15 is 0 Å². The molecule has 0 amide bonds. The zero-order valence-corrected chi connectivity index (χ0v) is 8.73. The molecule has 0 aromatic heterocycles. The van der Waals surface area contributed by atoms with E-state index in [2.05, 4.69) is 6.08 Å². The summed E-state index contributed by atoms with van der Waals surface area (Å²) < 4.78 is 0. The molecule has 1 aliphatic rings. The van der Waals surface area contributed by atoms with Gasteiger partial charge in [0.25, 0.3) is 0 Å². The molecule has 1 N–H and O–H groups in total. The molecule has 0 saturated heterocycles. The Morgan fingerprint density at radius 2 is 2.17 bits per heavy atom. The molecule has 0 spiro atoms. The summed E-state index contributed by atoms with van der Waals surface area (Å²) in [6, 6.07) is 0. The van der Waals surface area contributed by atoms with Gasteiger partial charge in [-0.2, -0.15) is 0 Å². The molecular formula is C10H17ClO. The standard InChI is InChI=1S/C10H17ClO/c1-7-4-5-8(6-9(7)12)10(2,3)11/h4,8-9,12H,5-6H2,1-3H3/t8-,9-/m1/s1. The molecule has 12 heavy (non-hydrogen) atoms. The molecule has 0 aromatic rings. The molecule has 0 heterocycles. The number of hydrogen-bond donors (Lipinski definition) is 1. The van der Waals surface area contributed by atoms with Gasteiger partial charge in [0.05, 0.1) is 6.10 Å². The van der Waals surface area contributed by atoms with Gasteiger partial charge >= 0.3 is 0 Å². The highest BCUT2D eigenvalue weighted by Crippen LogP contribution is 2.35. The topological polar surface area (TPSA) is 20.2 Å². The van der Waals surface area contributed by atoms with E-state index in [1.165, 1.54) is 0 Å². The van der Waals surface area contributed by atoms with Crippen LogP contribution in [0.15, 0.2) is 11.6 Å². The van der Waals surface area contributed by atoms with Gasteiger partial charge in [-0.1, -0.05) is 6.08 Å². The molecule has 0 aromatic carbocycles. The van der Waals surface area contributed by atoms with E-state index in [4.69, 9.17) is 11.6 Å². The summed E-state index contributed by atoms with van der Waals surface area (Å²) in [4.78, 5) is -0.196. The largest absolute Gasteiger partial charge is 0.389 e. The summed E-state index contributed by atoms with van der Waals surface area (Å²) in [5.74, 6) is 0.401. The monoisotopic (exact) mass is 188 g/mol. The SMILES string of the molecule is CC1=CC[C@@H](C(C)(C)Cl)C[C@H]1O. The molecule has 70 valence electrons. The Kier molecular flexibility index (Phi) is 2.84. The van der Waals surface area contributed by atoms with Gasteiger partial charge in [-0.3, -0.25) is 0 Å². The minimum Gasteiger partial charge on any atom is -0.389 e. The fourth-order valence-corrected chi connectivity index (χ4v) is 1.75. The average molecular weight is 189 g/mol. The lowest BCUT2D eigenvalue weighted by Crippen LogP contribution is -2.31. The highest BCUT2D eigenvalue weighted by Gasteiger charge is 2.31. The molecule has 0 radical (unpaired) electrons. The van der Waals surface area contributed by atoms with Crippen LogP contribution in [0.3, 0.4) is 0 Å². The number of rotatable bonds is 1. The third kappa shape index (κ3) is 2.24. The average Bonchev–Trinajstić information content (AvgIpc) is 1.92. The number of hydrogen-bond acceptors (Lipinski definition) is 1. The predicted molar refractivity (Wildman–Crippen MR) is 52.4 cm³/mol. The quantitative estimate of drug-likeness (QED) is 0.496. The van der Waals surface area contributed by atoms with Crippen molar-refractivity contribution in [3.8, 4) is 0 Å². The van der Waals surface area contributed by atoms with Crippen LogP contribution in [0.25, 0.3) is 0 Å². The molecule has 0 aliphatic heterocycles. The van der Waals surface area contributed by atoms with Crippen molar-refractivity contribution in [3.05, 3.63) is 11.6 Å². The smallest absolute Gasteiger partial charge is 0.0750 e. The third-order valence-electron chi connectivity index (χ3n) is 2.73. The molecule has 2 atom stereocenters. The van der Waals surface area contributed by atoms with E-state index in [0.29, 0.717) is 5.92 Å². The Bertz CT molecular complexity index is 191. The van der Waals surface area contributed by atoms with Crippen LogP contribution < -0.4 is 0 Å². The van der Waals surface area contributed by atoms with Gasteiger partial charge in [0.2, 0.25) is 0 Å². The Morgan fingerprint density at radius 3 is 2.58 bits per heavy atom. The lowest BCUT2D eigenvalue weighted by atomic mass is 9.81. The van der Waals surface area contributed by atoms with Crippen molar-refractivity contribution in [1.29, 1.82) is 0 Å². The molecule has 0 bridgehead atoms. The highest BCUT2D eigenvalue weighted by atomic mass is 35.5. The first-order valence-electron chi connectivity index (χ1n) is 4.45. The van der Waals surface area contributed by atoms with Crippen LogP contribution in [0.1, 0.15) is 33.6 Å². The zero-order valence-electron chi connectivity index (χ0n) is 7.97. The maximum Gasteiger partial charge on any atom is 0.0750 e. The van der Waals surface area contributed by atoms with Gasteiger partial charge < -0.3 is 5.11 Å². The second kappa shape index (κ2) is 3.39. The summed E-state index contributed by atoms with van der Waals surface area (Å²) >= 11 is 6.18. The van der Waals surface area contributed by atoms with Crippen molar-refractivity contribution in [2.24, 2.45) is 5.92 Å². The minimum atomic E-state index is -0.276. The maximum atomic E-state index is 9.58. The first kappa shape index (κ1) is 10.1. The summed E-state index contributed by atoms with van der Waals surface area (Å²) in [5.41, 5.74) is 1.09. The number of alkyl halides is 1. The van der Waals surface area contributed by atoms with Crippen molar-refractivity contribution in [3.63, 3.8) is 0 Å². The van der Waals surface area contributed by atoms with Crippen LogP contribution in [0.5, 0.6) is 0 Å². The fraction of sp³-hybridized carbons (Fsp3) is 0.800. The number of aliphatic hydroxyl groups is 1. The van der Waals surface area contributed by atoms with Crippen molar-refractivity contribution < 1.29 is 5.11 Å². The van der Waals surface area contributed by atoms with E-state index in [9.17, 15) is 5.11 Å². The number of halogens is 1. The second-order valence-corrected chi connectivity index (χ2v) is 5.17. The van der Waals surface area contributed by atoms with E-state index in [-0.39, 0.29) is 11.0 Å². The fourth-order valence-electron chi connectivity index (χ4n) is 1.58. The second-order valence-electron chi connectivity index (χ2n) is 4.20. The van der Waals surface area contributed by atoms with Gasteiger partial charge in [-0.15, -0.1) is 11.6 Å². The van der Waals surface area contributed by atoms with Crippen LogP contribution in [0.2, 0.25) is 0 Å². The Labute approximate surface area is 79.4 Å². The van der Waals surface area contributed by atoms with E-state index in [1.54, 1.807) is 0 Å². The number of aliphatic hydroxyl groups excluding tert-OH is 1. The molecule has 0 fully saturated rings. The van der Waals surface area contributed by atoms with E-state index in [0.717, 1.165) is 18.4 Å². The number of allylic oxidation sites excluding steroid dienone is 1. The van der Waals surface area contributed by atoms with Crippen LogP contribution in [0.4, 0.5) is 0 Å². The molecule has 1 nitrogen and oxygen atoms in total. The summed E-state index contributed by atoms with van der Waals surface area (Å²) in [7, 11) is 0. The first-order chi connectivity index (χ1) is 5.41. The lowest BCUT2D eigenvalue weighted by molar-refractivity contribution is 0.154. The first-order valence-corrected chi connectivity index (χ1v) is 4.82. The van der Waals surface area contributed by atoms with Crippen LogP contribution >= 0.6 is 11.6 Å². The van der Waals surface area contributed by atoms with Crippen molar-refractivity contribution in [1.82, 2.24) is 0 Å². The van der Waals surface area contributed by atoms with Gasteiger partial charge in [0.15, 0.2) is 0 Å². The van der Waals surface area contributed by atoms with Crippen molar-refractivity contribution in [2.45, 2.75) is 44.6 Å². The molecular weight excluding hydrogens is 172 g/mol. The van der Waals surface area contributed by atoms with Gasteiger partial charge in [-0.25, -0.2) is 0 Å². The van der Waals surface area contributed by atoms with E-state index < -0.39 is 0 Å². The van der Waals surface area contributed by atoms with Gasteiger partial charge in [0.1, 0.15) is 0 Å². The van der Waals surface area contributed by atoms with Crippen LogP contribution in [0, 0.1) is 5.92 Å². The van der Waals surface area contributed by atoms with Gasteiger partial charge in [0, 0.05) is 4.87 Å². The molecule has 1 aliphatic carbocycles. The molecule has 0 unspecified atom stereocenters. The highest BCUT2D eigenvalue weighted by molar-refractivity contribution is 6.23. The Balaban J connectivity index is 2.65. The van der Waals surface area contributed by atoms with Crippen molar-refractivity contribution in [2.75, 3.05) is 0 Å². The third-order valence-corrected chi connectivity index (χ3v) is 3.04. The molecule has 1 rings (SSSR count).